The van der Waals surface area contributed by atoms with Crippen molar-refractivity contribution in [3.8, 4) is 0 Å². The standard InChI is InChI=1S/C43H69NO5/c1-26(2)29-15-20-43(24-34(45)44-28-12-11-27(3)23-28)22-21-41(9)30(36(29)43)13-14-32-40(8)18-17-33(49-35(46)25-38(4,5)37(47)48)39(6,7)31(40)16-19-42(32,41)10/h27-33,36H,1,11-25H2,2-10H3,(H,44,45)(H,47,48)/t27-,28+,29-,30+,31-,32+,33-,36+,40-,41+,42+,43+/m0/s1. The van der Waals surface area contributed by atoms with E-state index in [1.165, 1.54) is 44.1 Å². The molecule has 0 spiro atoms. The molecule has 0 aromatic carbocycles. The zero-order valence-corrected chi connectivity index (χ0v) is 32.5. The van der Waals surface area contributed by atoms with Crippen LogP contribution in [0, 0.1) is 68.0 Å². The third-order valence-corrected chi connectivity index (χ3v) is 17.2. The molecule has 12 atom stereocenters. The van der Waals surface area contributed by atoms with E-state index in [0.717, 1.165) is 44.9 Å². The lowest BCUT2D eigenvalue weighted by Crippen LogP contribution is -2.67. The van der Waals surface area contributed by atoms with E-state index in [1.807, 2.05) is 0 Å². The summed E-state index contributed by atoms with van der Waals surface area (Å²) in [5, 5.41) is 13.1. The second kappa shape index (κ2) is 12.4. The van der Waals surface area contributed by atoms with Crippen molar-refractivity contribution in [3.05, 3.63) is 12.2 Å². The average molecular weight is 680 g/mol. The average Bonchev–Trinajstić information content (AvgIpc) is 3.57. The molecule has 0 aromatic heterocycles. The van der Waals surface area contributed by atoms with Crippen LogP contribution in [-0.4, -0.2) is 35.1 Å². The molecule has 49 heavy (non-hydrogen) atoms. The Hall–Kier alpha value is -1.85. The first-order valence-corrected chi connectivity index (χ1v) is 20.1. The highest BCUT2D eigenvalue weighted by atomic mass is 16.5. The van der Waals surface area contributed by atoms with Crippen molar-refractivity contribution in [2.75, 3.05) is 0 Å². The molecule has 0 bridgehead atoms. The van der Waals surface area contributed by atoms with E-state index in [4.69, 9.17) is 4.74 Å². The van der Waals surface area contributed by atoms with Crippen molar-refractivity contribution < 1.29 is 24.2 Å². The molecule has 6 aliphatic rings. The molecule has 6 fully saturated rings. The normalized spacial score (nSPS) is 45.7. The summed E-state index contributed by atoms with van der Waals surface area (Å²) in [6.07, 6.45) is 15.3. The van der Waals surface area contributed by atoms with E-state index in [9.17, 15) is 19.5 Å². The Morgan fingerprint density at radius 1 is 0.857 bits per heavy atom. The van der Waals surface area contributed by atoms with Crippen LogP contribution in [0.4, 0.5) is 0 Å². The summed E-state index contributed by atoms with van der Waals surface area (Å²) in [5.41, 5.74) is 0.675. The highest BCUT2D eigenvalue weighted by Crippen LogP contribution is 2.78. The van der Waals surface area contributed by atoms with Crippen LogP contribution in [-0.2, 0) is 19.1 Å². The van der Waals surface area contributed by atoms with Gasteiger partial charge in [-0.2, -0.15) is 0 Å². The van der Waals surface area contributed by atoms with Gasteiger partial charge in [-0.05, 0) is 161 Å². The van der Waals surface area contributed by atoms with Gasteiger partial charge in [0, 0.05) is 17.9 Å². The maximum absolute atomic E-state index is 13.8. The molecule has 6 rings (SSSR count). The summed E-state index contributed by atoms with van der Waals surface area (Å²) in [7, 11) is 0. The number of hydrogen-bond acceptors (Lipinski definition) is 4. The Morgan fingerprint density at radius 3 is 2.20 bits per heavy atom. The number of fused-ring (bicyclic) bond motifs is 7. The van der Waals surface area contributed by atoms with E-state index in [0.29, 0.717) is 53.9 Å². The van der Waals surface area contributed by atoms with Gasteiger partial charge in [-0.15, -0.1) is 0 Å². The van der Waals surface area contributed by atoms with Gasteiger partial charge in [0.25, 0.3) is 0 Å². The Kier molecular flexibility index (Phi) is 9.33. The Labute approximate surface area is 297 Å². The van der Waals surface area contributed by atoms with Crippen molar-refractivity contribution >= 4 is 17.8 Å². The van der Waals surface area contributed by atoms with Crippen LogP contribution in [0.1, 0.15) is 159 Å². The lowest BCUT2D eigenvalue weighted by molar-refractivity contribution is -0.250. The summed E-state index contributed by atoms with van der Waals surface area (Å²) >= 11 is 0. The van der Waals surface area contributed by atoms with E-state index >= 15 is 0 Å². The number of amides is 1. The number of nitrogens with one attached hydrogen (secondary N) is 1. The molecule has 276 valence electrons. The summed E-state index contributed by atoms with van der Waals surface area (Å²) in [5.74, 6) is 2.35. The van der Waals surface area contributed by atoms with Crippen molar-refractivity contribution in [1.29, 1.82) is 0 Å². The number of carbonyl (C=O) groups excluding carboxylic acids is 2. The zero-order chi connectivity index (χ0) is 35.9. The van der Waals surface area contributed by atoms with Crippen LogP contribution in [0.5, 0.6) is 0 Å². The zero-order valence-electron chi connectivity index (χ0n) is 32.5. The van der Waals surface area contributed by atoms with Crippen molar-refractivity contribution in [3.63, 3.8) is 0 Å². The number of aliphatic carboxylic acids is 1. The maximum Gasteiger partial charge on any atom is 0.309 e. The SMILES string of the molecule is C=C(C)[C@@H]1CC[C@]2(CC(=O)N[C@@H]3CC[C@H](C)C3)CC[C@]3(C)[C@H](CC[C@@H]4[C@@]5(C)CC[C@H](OC(=O)CC(C)(C)C(=O)O)C(C)(C)[C@@H]5CC[C@]43C)[C@@H]12. The number of carboxylic acids is 1. The monoisotopic (exact) mass is 680 g/mol. The number of carboxylic acid groups (broad SMARTS) is 1. The smallest absolute Gasteiger partial charge is 0.309 e. The van der Waals surface area contributed by atoms with Gasteiger partial charge >= 0.3 is 11.9 Å². The number of ether oxygens (including phenoxy) is 1. The molecule has 0 aliphatic heterocycles. The first kappa shape index (κ1) is 36.9. The molecule has 6 saturated carbocycles. The maximum atomic E-state index is 13.8. The molecule has 1 amide bonds. The fraction of sp³-hybridized carbons (Fsp3) is 0.884. The van der Waals surface area contributed by atoms with E-state index in [-0.39, 0.29) is 45.6 Å². The lowest BCUT2D eigenvalue weighted by Gasteiger charge is -2.73. The number of rotatable bonds is 8. The molecule has 0 saturated heterocycles. The minimum absolute atomic E-state index is 0.0888. The first-order valence-electron chi connectivity index (χ1n) is 20.1. The second-order valence-electron chi connectivity index (χ2n) is 20.6. The van der Waals surface area contributed by atoms with Crippen LogP contribution in [0.25, 0.3) is 0 Å². The largest absolute Gasteiger partial charge is 0.481 e. The van der Waals surface area contributed by atoms with Crippen LogP contribution >= 0.6 is 0 Å². The molecule has 0 unspecified atom stereocenters. The van der Waals surface area contributed by atoms with Gasteiger partial charge in [-0.3, -0.25) is 14.4 Å². The van der Waals surface area contributed by atoms with Crippen LogP contribution in [0.2, 0.25) is 0 Å². The summed E-state index contributed by atoms with van der Waals surface area (Å²) in [4.78, 5) is 38.6. The van der Waals surface area contributed by atoms with Gasteiger partial charge in [-0.25, -0.2) is 0 Å². The number of carbonyl (C=O) groups is 3. The van der Waals surface area contributed by atoms with E-state index in [2.05, 4.69) is 60.4 Å². The second-order valence-corrected chi connectivity index (χ2v) is 20.6. The van der Waals surface area contributed by atoms with Gasteiger partial charge in [0.1, 0.15) is 6.10 Å². The highest BCUT2D eigenvalue weighted by Gasteiger charge is 2.71. The van der Waals surface area contributed by atoms with Gasteiger partial charge in [-0.1, -0.05) is 53.7 Å². The van der Waals surface area contributed by atoms with Crippen LogP contribution in [0.3, 0.4) is 0 Å². The molecule has 6 aliphatic carbocycles. The molecule has 0 radical (unpaired) electrons. The Balaban J connectivity index is 1.23. The fourth-order valence-corrected chi connectivity index (χ4v) is 14.3. The molecular weight excluding hydrogens is 610 g/mol. The van der Waals surface area contributed by atoms with Gasteiger partial charge in [0.2, 0.25) is 5.91 Å². The highest BCUT2D eigenvalue weighted by molar-refractivity contribution is 5.81. The minimum Gasteiger partial charge on any atom is -0.481 e. The summed E-state index contributed by atoms with van der Waals surface area (Å²) < 4.78 is 6.18. The Bertz CT molecular complexity index is 1350. The third kappa shape index (κ3) is 5.84. The molecule has 6 nitrogen and oxygen atoms in total. The van der Waals surface area contributed by atoms with Gasteiger partial charge in [0.15, 0.2) is 0 Å². The van der Waals surface area contributed by atoms with E-state index in [1.54, 1.807) is 13.8 Å². The molecule has 2 N–H and O–H groups in total. The molecule has 0 aromatic rings. The summed E-state index contributed by atoms with van der Waals surface area (Å²) in [6, 6.07) is 0.356. The predicted molar refractivity (Wildman–Crippen MR) is 194 cm³/mol. The number of esters is 1. The first-order chi connectivity index (χ1) is 22.7. The third-order valence-electron chi connectivity index (χ3n) is 17.2. The summed E-state index contributed by atoms with van der Waals surface area (Å²) in [6.45, 7) is 24.8. The quantitative estimate of drug-likeness (QED) is 0.197. The van der Waals surface area contributed by atoms with Crippen molar-refractivity contribution in [2.45, 2.75) is 171 Å². The molecule has 0 heterocycles. The predicted octanol–water partition coefficient (Wildman–Crippen LogP) is 9.75. The van der Waals surface area contributed by atoms with E-state index < -0.39 is 11.4 Å². The van der Waals surface area contributed by atoms with Crippen molar-refractivity contribution in [1.82, 2.24) is 5.32 Å². The number of hydrogen-bond donors (Lipinski definition) is 2. The number of allylic oxidation sites excluding steroid dienone is 1. The molecule has 6 heteroatoms. The van der Waals surface area contributed by atoms with Crippen LogP contribution < -0.4 is 5.32 Å². The topological polar surface area (TPSA) is 92.7 Å². The molecular formula is C43H69NO5. The lowest BCUT2D eigenvalue weighted by atomic mass is 9.32. The minimum atomic E-state index is -1.14. The van der Waals surface area contributed by atoms with Gasteiger partial charge < -0.3 is 15.2 Å². The van der Waals surface area contributed by atoms with Gasteiger partial charge in [0.05, 0.1) is 11.8 Å². The van der Waals surface area contributed by atoms with Crippen LogP contribution in [0.15, 0.2) is 12.2 Å². The fourth-order valence-electron chi connectivity index (χ4n) is 14.3. The van der Waals surface area contributed by atoms with Crippen molar-refractivity contribution in [2.24, 2.45) is 68.0 Å². The Morgan fingerprint density at radius 2 is 1.57 bits per heavy atom.